The van der Waals surface area contributed by atoms with Crippen molar-refractivity contribution in [3.8, 4) is 0 Å². The van der Waals surface area contributed by atoms with Crippen LogP contribution < -0.4 is 16.4 Å². The van der Waals surface area contributed by atoms with Crippen LogP contribution in [-0.4, -0.2) is 30.6 Å². The molecule has 0 radical (unpaired) electrons. The number of nitrogen functional groups attached to an aromatic ring is 1. The molecule has 2 aromatic carbocycles. The monoisotopic (exact) mass is 352 g/mol. The summed E-state index contributed by atoms with van der Waals surface area (Å²) >= 11 is 0. The fourth-order valence-corrected chi connectivity index (χ4v) is 2.62. The average Bonchev–Trinajstić information content (AvgIpc) is 2.67. The van der Waals surface area contributed by atoms with Gasteiger partial charge in [0, 0.05) is 31.0 Å². The highest BCUT2D eigenvalue weighted by atomic mass is 16.2. The van der Waals surface area contributed by atoms with Gasteiger partial charge < -0.3 is 21.3 Å². The van der Waals surface area contributed by atoms with E-state index in [4.69, 9.17) is 5.73 Å². The molecule has 0 unspecified atom stereocenters. The first kappa shape index (κ1) is 19.4. The lowest BCUT2D eigenvalue weighted by Crippen LogP contribution is -2.39. The van der Waals surface area contributed by atoms with Gasteiger partial charge in [-0.1, -0.05) is 49.0 Å². The Balaban J connectivity index is 1.71. The van der Waals surface area contributed by atoms with Gasteiger partial charge in [-0.2, -0.15) is 0 Å². The summed E-state index contributed by atoms with van der Waals surface area (Å²) in [7, 11) is 0. The first-order valence-electron chi connectivity index (χ1n) is 8.91. The molecular weight excluding hydrogens is 324 g/mol. The molecule has 0 spiro atoms. The second kappa shape index (κ2) is 10.1. The number of benzene rings is 2. The lowest BCUT2D eigenvalue weighted by molar-refractivity contribution is 0.240. The predicted octanol–water partition coefficient (Wildman–Crippen LogP) is 3.15. The second-order valence-corrected chi connectivity index (χ2v) is 6.16. The van der Waals surface area contributed by atoms with Crippen molar-refractivity contribution in [1.29, 1.82) is 0 Å². The number of urea groups is 1. The highest BCUT2D eigenvalue weighted by Crippen LogP contribution is 2.06. The molecule has 2 aromatic rings. The Labute approximate surface area is 155 Å². The molecule has 4 N–H and O–H groups in total. The normalized spacial score (nSPS) is 10.2. The van der Waals surface area contributed by atoms with Crippen molar-refractivity contribution in [1.82, 2.24) is 15.5 Å². The third kappa shape index (κ3) is 6.51. The van der Waals surface area contributed by atoms with Crippen LogP contribution in [0.15, 0.2) is 66.9 Å². The number of amides is 2. The van der Waals surface area contributed by atoms with Gasteiger partial charge in [0.2, 0.25) is 0 Å². The Bertz CT molecular complexity index is 698. The van der Waals surface area contributed by atoms with Crippen molar-refractivity contribution in [2.24, 2.45) is 0 Å². The molecule has 0 atom stereocenters. The van der Waals surface area contributed by atoms with Crippen LogP contribution in [0.1, 0.15) is 18.1 Å². The molecule has 0 saturated carbocycles. The number of hydrogen-bond acceptors (Lipinski definition) is 3. The molecule has 0 aliphatic heterocycles. The number of rotatable bonds is 9. The number of likely N-dealkylation sites (N-methyl/N-ethyl adjacent to an activating group) is 1. The van der Waals surface area contributed by atoms with Crippen molar-refractivity contribution < 1.29 is 4.79 Å². The fourth-order valence-electron chi connectivity index (χ4n) is 2.62. The van der Waals surface area contributed by atoms with E-state index in [1.54, 1.807) is 0 Å². The van der Waals surface area contributed by atoms with Gasteiger partial charge in [-0.3, -0.25) is 0 Å². The molecule has 0 saturated heterocycles. The van der Waals surface area contributed by atoms with Gasteiger partial charge in [0.25, 0.3) is 0 Å². The Kier molecular flexibility index (Phi) is 7.55. The summed E-state index contributed by atoms with van der Waals surface area (Å²) in [6, 6.07) is 17.6. The maximum absolute atomic E-state index is 12.0. The SMILES string of the molecule is C=C(CNC(=O)NCc1ccc(N)cc1)N(CC)CCc1ccccc1. The van der Waals surface area contributed by atoms with Gasteiger partial charge in [0.1, 0.15) is 0 Å². The summed E-state index contributed by atoms with van der Waals surface area (Å²) in [6.45, 7) is 8.84. The van der Waals surface area contributed by atoms with Crippen LogP contribution in [0.4, 0.5) is 10.5 Å². The predicted molar refractivity (Wildman–Crippen MR) is 108 cm³/mol. The van der Waals surface area contributed by atoms with E-state index in [9.17, 15) is 4.79 Å². The summed E-state index contributed by atoms with van der Waals surface area (Å²) in [5, 5.41) is 5.70. The van der Waals surface area contributed by atoms with Crippen LogP contribution in [0.5, 0.6) is 0 Å². The van der Waals surface area contributed by atoms with Crippen molar-refractivity contribution in [2.75, 3.05) is 25.4 Å². The van der Waals surface area contributed by atoms with Crippen LogP contribution in [0.25, 0.3) is 0 Å². The highest BCUT2D eigenvalue weighted by molar-refractivity contribution is 5.74. The van der Waals surface area contributed by atoms with Crippen molar-refractivity contribution >= 4 is 11.7 Å². The minimum Gasteiger partial charge on any atom is -0.399 e. The van der Waals surface area contributed by atoms with Crippen LogP contribution in [0, 0.1) is 0 Å². The van der Waals surface area contributed by atoms with Crippen molar-refractivity contribution in [3.05, 3.63) is 78.0 Å². The number of nitrogens with one attached hydrogen (secondary N) is 2. The Hall–Kier alpha value is -2.95. The number of anilines is 1. The first-order chi connectivity index (χ1) is 12.6. The smallest absolute Gasteiger partial charge is 0.315 e. The highest BCUT2D eigenvalue weighted by Gasteiger charge is 2.08. The van der Waals surface area contributed by atoms with Gasteiger partial charge >= 0.3 is 6.03 Å². The molecule has 2 rings (SSSR count). The van der Waals surface area contributed by atoms with Crippen LogP contribution in [-0.2, 0) is 13.0 Å². The fraction of sp³-hybridized carbons (Fsp3) is 0.286. The molecule has 5 nitrogen and oxygen atoms in total. The van der Waals surface area contributed by atoms with Crippen molar-refractivity contribution in [3.63, 3.8) is 0 Å². The zero-order valence-corrected chi connectivity index (χ0v) is 15.4. The molecule has 26 heavy (non-hydrogen) atoms. The van der Waals surface area contributed by atoms with E-state index in [0.29, 0.717) is 18.8 Å². The third-order valence-electron chi connectivity index (χ3n) is 4.23. The molecule has 2 amide bonds. The Morgan fingerprint density at radius 2 is 1.73 bits per heavy atom. The molecule has 0 aliphatic rings. The van der Waals surface area contributed by atoms with Gasteiger partial charge in [-0.25, -0.2) is 4.79 Å². The molecule has 0 heterocycles. The largest absolute Gasteiger partial charge is 0.399 e. The van der Waals surface area contributed by atoms with Crippen LogP contribution >= 0.6 is 0 Å². The number of nitrogens with zero attached hydrogens (tertiary/aromatic N) is 1. The summed E-state index contributed by atoms with van der Waals surface area (Å²) in [5.41, 5.74) is 9.58. The summed E-state index contributed by atoms with van der Waals surface area (Å²) < 4.78 is 0. The lowest BCUT2D eigenvalue weighted by Gasteiger charge is -2.25. The molecule has 0 aliphatic carbocycles. The number of carbonyl (C=O) groups excluding carboxylic acids is 1. The molecule has 138 valence electrons. The number of hydrogen-bond donors (Lipinski definition) is 3. The van der Waals surface area contributed by atoms with E-state index >= 15 is 0 Å². The van der Waals surface area contributed by atoms with Gasteiger partial charge in [-0.15, -0.1) is 0 Å². The standard InChI is InChI=1S/C21H28N4O/c1-3-25(14-13-18-7-5-4-6-8-18)17(2)15-23-21(26)24-16-19-9-11-20(22)12-10-19/h4-12H,2-3,13-16,22H2,1H3,(H2,23,24,26). The van der Waals surface area contributed by atoms with E-state index in [1.807, 2.05) is 42.5 Å². The van der Waals surface area contributed by atoms with Gasteiger partial charge in [0.05, 0.1) is 6.54 Å². The molecule has 0 aromatic heterocycles. The Morgan fingerprint density at radius 1 is 1.04 bits per heavy atom. The van der Waals surface area contributed by atoms with Gasteiger partial charge in [-0.05, 0) is 36.6 Å². The zero-order chi connectivity index (χ0) is 18.8. The minimum absolute atomic E-state index is 0.206. The van der Waals surface area contributed by atoms with Gasteiger partial charge in [0.15, 0.2) is 0 Å². The average molecular weight is 352 g/mol. The maximum Gasteiger partial charge on any atom is 0.315 e. The van der Waals surface area contributed by atoms with Crippen LogP contribution in [0.3, 0.4) is 0 Å². The Morgan fingerprint density at radius 3 is 2.38 bits per heavy atom. The van der Waals surface area contributed by atoms with E-state index in [-0.39, 0.29) is 6.03 Å². The quantitative estimate of drug-likeness (QED) is 0.607. The van der Waals surface area contributed by atoms with E-state index in [1.165, 1.54) is 5.56 Å². The molecular formula is C21H28N4O. The summed E-state index contributed by atoms with van der Waals surface area (Å²) in [6.07, 6.45) is 0.955. The first-order valence-corrected chi connectivity index (χ1v) is 8.91. The second-order valence-electron chi connectivity index (χ2n) is 6.16. The number of carbonyl (C=O) groups is 1. The van der Waals surface area contributed by atoms with E-state index in [2.05, 4.69) is 41.2 Å². The topological polar surface area (TPSA) is 70.4 Å². The van der Waals surface area contributed by atoms with Crippen molar-refractivity contribution in [2.45, 2.75) is 19.9 Å². The maximum atomic E-state index is 12.0. The molecule has 5 heteroatoms. The summed E-state index contributed by atoms with van der Waals surface area (Å²) in [4.78, 5) is 14.2. The molecule has 0 bridgehead atoms. The van der Waals surface area contributed by atoms with E-state index < -0.39 is 0 Å². The minimum atomic E-state index is -0.206. The third-order valence-corrected chi connectivity index (χ3v) is 4.23. The lowest BCUT2D eigenvalue weighted by atomic mass is 10.1. The van der Waals surface area contributed by atoms with Crippen LogP contribution in [0.2, 0.25) is 0 Å². The summed E-state index contributed by atoms with van der Waals surface area (Å²) in [5.74, 6) is 0. The number of nitrogens with two attached hydrogens (primary N) is 1. The van der Waals surface area contributed by atoms with E-state index in [0.717, 1.165) is 30.8 Å². The zero-order valence-electron chi connectivity index (χ0n) is 15.4. The molecule has 0 fully saturated rings.